The maximum absolute atomic E-state index is 5.22. The van der Waals surface area contributed by atoms with Crippen molar-refractivity contribution in [2.45, 2.75) is 58.0 Å². The van der Waals surface area contributed by atoms with E-state index < -0.39 is 0 Å². The third-order valence-electron chi connectivity index (χ3n) is 6.73. The monoisotopic (exact) mass is 428 g/mol. The molecule has 0 aliphatic carbocycles. The van der Waals surface area contributed by atoms with Crippen molar-refractivity contribution >= 4 is 5.82 Å². The van der Waals surface area contributed by atoms with Crippen molar-refractivity contribution in [3.05, 3.63) is 77.3 Å². The number of piperidine rings is 1. The molecule has 2 aliphatic rings. The van der Waals surface area contributed by atoms with E-state index in [1.165, 1.54) is 18.4 Å². The van der Waals surface area contributed by atoms with Crippen LogP contribution in [0.2, 0.25) is 0 Å². The molecule has 0 spiro atoms. The first kappa shape index (κ1) is 21.0. The van der Waals surface area contributed by atoms with Gasteiger partial charge in [-0.1, -0.05) is 18.6 Å². The second kappa shape index (κ2) is 9.74. The Bertz CT molecular complexity index is 1020. The van der Waals surface area contributed by atoms with Gasteiger partial charge in [0.05, 0.1) is 11.7 Å². The number of nitrogens with zero attached hydrogens (tertiary/aromatic N) is 6. The Balaban J connectivity index is 1.40. The van der Waals surface area contributed by atoms with Crippen LogP contribution in [0.4, 0.5) is 5.82 Å². The fraction of sp³-hybridized carbons (Fsp3) is 0.462. The van der Waals surface area contributed by atoms with Gasteiger partial charge in [-0.15, -0.1) is 0 Å². The first-order chi connectivity index (χ1) is 15.8. The van der Waals surface area contributed by atoms with Gasteiger partial charge in [0.1, 0.15) is 11.6 Å². The van der Waals surface area contributed by atoms with E-state index in [9.17, 15) is 0 Å². The number of hydrogen-bond donors (Lipinski definition) is 0. The lowest BCUT2D eigenvalue weighted by Crippen LogP contribution is -2.37. The lowest BCUT2D eigenvalue weighted by Gasteiger charge is -2.36. The summed E-state index contributed by atoms with van der Waals surface area (Å²) < 4.78 is 0. The van der Waals surface area contributed by atoms with Crippen molar-refractivity contribution in [2.75, 3.05) is 24.5 Å². The summed E-state index contributed by atoms with van der Waals surface area (Å²) in [4.78, 5) is 24.3. The zero-order chi connectivity index (χ0) is 21.8. The Labute approximate surface area is 190 Å². The van der Waals surface area contributed by atoms with Crippen molar-refractivity contribution in [3.63, 3.8) is 0 Å². The maximum Gasteiger partial charge on any atom is 0.148 e. The second-order valence-corrected chi connectivity index (χ2v) is 8.93. The normalized spacial score (nSPS) is 19.0. The minimum Gasteiger partial charge on any atom is -0.356 e. The summed E-state index contributed by atoms with van der Waals surface area (Å²) >= 11 is 0. The van der Waals surface area contributed by atoms with Crippen LogP contribution >= 0.6 is 0 Å². The molecule has 6 nitrogen and oxygen atoms in total. The number of anilines is 1. The van der Waals surface area contributed by atoms with Gasteiger partial charge in [-0.3, -0.25) is 14.9 Å². The molecule has 1 saturated heterocycles. The largest absolute Gasteiger partial charge is 0.356 e. The Kier molecular flexibility index (Phi) is 6.39. The molecule has 32 heavy (non-hydrogen) atoms. The Hall–Kier alpha value is -2.86. The molecule has 1 unspecified atom stereocenters. The quantitative estimate of drug-likeness (QED) is 0.584. The van der Waals surface area contributed by atoms with Gasteiger partial charge in [0.25, 0.3) is 0 Å². The molecule has 5 rings (SSSR count). The van der Waals surface area contributed by atoms with Gasteiger partial charge in [-0.05, 0) is 63.4 Å². The molecule has 1 atom stereocenters. The predicted octanol–water partition coefficient (Wildman–Crippen LogP) is 4.30. The first-order valence-corrected chi connectivity index (χ1v) is 11.9. The number of rotatable bonds is 6. The smallest absolute Gasteiger partial charge is 0.148 e. The topological polar surface area (TPSA) is 58.0 Å². The van der Waals surface area contributed by atoms with Crippen LogP contribution in [0, 0.1) is 6.92 Å². The van der Waals surface area contributed by atoms with Crippen molar-refractivity contribution in [2.24, 2.45) is 0 Å². The molecule has 0 aromatic carbocycles. The van der Waals surface area contributed by atoms with Gasteiger partial charge >= 0.3 is 0 Å². The molecule has 0 radical (unpaired) electrons. The van der Waals surface area contributed by atoms with E-state index in [4.69, 9.17) is 9.97 Å². The lowest BCUT2D eigenvalue weighted by molar-refractivity contribution is 0.132. The molecule has 0 bridgehead atoms. The highest BCUT2D eigenvalue weighted by Crippen LogP contribution is 2.34. The minimum atomic E-state index is 0.259. The molecule has 166 valence electrons. The average Bonchev–Trinajstić information content (AvgIpc) is 2.84. The highest BCUT2D eigenvalue weighted by molar-refractivity contribution is 5.51. The van der Waals surface area contributed by atoms with Crippen LogP contribution in [0.25, 0.3) is 0 Å². The fourth-order valence-electron chi connectivity index (χ4n) is 5.04. The maximum atomic E-state index is 5.22. The third kappa shape index (κ3) is 4.65. The van der Waals surface area contributed by atoms with Crippen LogP contribution in [-0.2, 0) is 19.4 Å². The summed E-state index contributed by atoms with van der Waals surface area (Å²) in [6, 6.07) is 12.6. The average molecular weight is 429 g/mol. The predicted molar refractivity (Wildman–Crippen MR) is 126 cm³/mol. The molecule has 2 aliphatic heterocycles. The molecule has 3 aromatic heterocycles. The lowest BCUT2D eigenvalue weighted by atomic mass is 9.99. The molecule has 0 N–H and O–H groups in total. The Morgan fingerprint density at radius 2 is 1.72 bits per heavy atom. The molecule has 5 heterocycles. The van der Waals surface area contributed by atoms with E-state index in [2.05, 4.69) is 51.0 Å². The van der Waals surface area contributed by atoms with Crippen LogP contribution in [0.1, 0.15) is 60.2 Å². The van der Waals surface area contributed by atoms with E-state index in [1.807, 2.05) is 24.5 Å². The summed E-state index contributed by atoms with van der Waals surface area (Å²) in [5.74, 6) is 2.14. The van der Waals surface area contributed by atoms with E-state index in [-0.39, 0.29) is 6.04 Å². The number of likely N-dealkylation sites (tertiary alicyclic amines) is 1. The van der Waals surface area contributed by atoms with Crippen LogP contribution in [-0.4, -0.2) is 44.5 Å². The van der Waals surface area contributed by atoms with E-state index in [0.29, 0.717) is 0 Å². The summed E-state index contributed by atoms with van der Waals surface area (Å²) in [7, 11) is 0. The van der Waals surface area contributed by atoms with Crippen LogP contribution in [0.5, 0.6) is 0 Å². The van der Waals surface area contributed by atoms with Crippen molar-refractivity contribution in [1.82, 2.24) is 24.8 Å². The number of aryl methyl sites for hydroxylation is 1. The highest BCUT2D eigenvalue weighted by atomic mass is 15.2. The SMILES string of the molecule is Cc1nc(C2CCCCN2Cc2ccccn2)nc2c1CCCN2CCc1ccccn1. The van der Waals surface area contributed by atoms with Gasteiger partial charge in [0, 0.05) is 55.4 Å². The van der Waals surface area contributed by atoms with E-state index in [1.54, 1.807) is 0 Å². The molecule has 0 saturated carbocycles. The van der Waals surface area contributed by atoms with Crippen molar-refractivity contribution in [3.8, 4) is 0 Å². The van der Waals surface area contributed by atoms with Crippen molar-refractivity contribution < 1.29 is 0 Å². The van der Waals surface area contributed by atoms with Crippen LogP contribution in [0.3, 0.4) is 0 Å². The van der Waals surface area contributed by atoms with Crippen LogP contribution < -0.4 is 4.90 Å². The molecular formula is C26H32N6. The summed E-state index contributed by atoms with van der Waals surface area (Å²) in [5.41, 5.74) is 4.73. The molecule has 1 fully saturated rings. The Morgan fingerprint density at radius 3 is 2.50 bits per heavy atom. The zero-order valence-corrected chi connectivity index (χ0v) is 19.0. The Morgan fingerprint density at radius 1 is 0.906 bits per heavy atom. The highest BCUT2D eigenvalue weighted by Gasteiger charge is 2.29. The number of hydrogen-bond acceptors (Lipinski definition) is 6. The molecule has 0 amide bonds. The minimum absolute atomic E-state index is 0.259. The zero-order valence-electron chi connectivity index (χ0n) is 19.0. The summed E-state index contributed by atoms with van der Waals surface area (Å²) in [6.07, 6.45) is 10.5. The summed E-state index contributed by atoms with van der Waals surface area (Å²) in [6.45, 7) is 6.09. The molecular weight excluding hydrogens is 396 g/mol. The van der Waals surface area contributed by atoms with Gasteiger partial charge in [0.2, 0.25) is 0 Å². The number of pyridine rings is 2. The van der Waals surface area contributed by atoms with Gasteiger partial charge in [-0.25, -0.2) is 9.97 Å². The molecule has 3 aromatic rings. The standard InChI is InChI=1S/C26H32N6/c1-20-23-11-8-17-31(18-13-21-9-2-5-14-27-21)26(23)30-25(29-20)24-12-4-7-16-32(24)19-22-10-3-6-15-28-22/h2-3,5-6,9-10,14-15,24H,4,7-8,11-13,16-19H2,1H3. The van der Waals surface area contributed by atoms with Gasteiger partial charge in [-0.2, -0.15) is 0 Å². The van der Waals surface area contributed by atoms with E-state index >= 15 is 0 Å². The second-order valence-electron chi connectivity index (χ2n) is 8.93. The van der Waals surface area contributed by atoms with Crippen LogP contribution in [0.15, 0.2) is 48.8 Å². The van der Waals surface area contributed by atoms with E-state index in [0.717, 1.165) is 80.6 Å². The van der Waals surface area contributed by atoms with Gasteiger partial charge in [0.15, 0.2) is 0 Å². The number of fused-ring (bicyclic) bond motifs is 1. The van der Waals surface area contributed by atoms with Crippen molar-refractivity contribution in [1.29, 1.82) is 0 Å². The third-order valence-corrected chi connectivity index (χ3v) is 6.73. The molecule has 6 heteroatoms. The van der Waals surface area contributed by atoms with Gasteiger partial charge < -0.3 is 4.90 Å². The fourth-order valence-corrected chi connectivity index (χ4v) is 5.04. The first-order valence-electron chi connectivity index (χ1n) is 11.9. The summed E-state index contributed by atoms with van der Waals surface area (Å²) in [5, 5.41) is 0. The number of aromatic nitrogens is 4.